The van der Waals surface area contributed by atoms with E-state index in [0.717, 1.165) is 35.1 Å². The van der Waals surface area contributed by atoms with E-state index in [-0.39, 0.29) is 39.7 Å². The van der Waals surface area contributed by atoms with Crippen molar-refractivity contribution in [2.75, 3.05) is 6.61 Å². The van der Waals surface area contributed by atoms with Crippen LogP contribution < -0.4 is 18.9 Å². The van der Waals surface area contributed by atoms with Crippen LogP contribution in [-0.4, -0.2) is 78.7 Å². The average molecular weight is 593 g/mol. The lowest BCUT2D eigenvalue weighted by atomic mass is 9.78. The van der Waals surface area contributed by atoms with Crippen molar-refractivity contribution in [2.24, 2.45) is 5.41 Å². The Bertz CT molecular complexity index is 1340. The van der Waals surface area contributed by atoms with Gasteiger partial charge in [-0.15, -0.1) is 0 Å². The minimum Gasteiger partial charge on any atom is -0.484 e. The number of rotatable bonds is 15. The molecule has 0 fully saturated rings. The molecule has 3 rings (SSSR count). The molecule has 5 atom stereocenters. The monoisotopic (exact) mass is 592 g/mol. The highest BCUT2D eigenvalue weighted by atomic mass is 16.5. The first kappa shape index (κ1) is 33.5. The van der Waals surface area contributed by atoms with E-state index >= 15 is 0 Å². The molecular formula is C31H48N2O9+2. The van der Waals surface area contributed by atoms with Crippen molar-refractivity contribution < 1.29 is 54.9 Å². The van der Waals surface area contributed by atoms with Crippen LogP contribution in [0.4, 0.5) is 0 Å². The van der Waals surface area contributed by atoms with Crippen molar-refractivity contribution in [3.63, 3.8) is 0 Å². The quantitative estimate of drug-likeness (QED) is 0.0796. The Balaban J connectivity index is 1.86. The molecule has 1 aromatic heterocycles. The zero-order valence-electron chi connectivity index (χ0n) is 25.4. The molecule has 5 unspecified atom stereocenters. The van der Waals surface area contributed by atoms with Gasteiger partial charge in [0.2, 0.25) is 11.5 Å². The van der Waals surface area contributed by atoms with Gasteiger partial charge in [-0.05, 0) is 43.7 Å². The van der Waals surface area contributed by atoms with Gasteiger partial charge in [0.05, 0.1) is 6.10 Å². The molecule has 42 heavy (non-hydrogen) atoms. The standard InChI is InChI=1S/C31H48N2O9/c1-7-30(5,8-2)17-21(34)27(36)29(38)28(37)22(35)18-41-23-15-11-13-19-25(23)32(39)20-14-12-16-24(26(20)33(19)40)42-31(6,9-3)10-4/h11-16,21-22,27-29,34-40H,7-10,17-18H2,1-6H3/q+2. The zero-order valence-corrected chi connectivity index (χ0v) is 25.4. The molecule has 0 aliphatic carbocycles. The summed E-state index contributed by atoms with van der Waals surface area (Å²) in [5, 5.41) is 75.1. The van der Waals surface area contributed by atoms with Gasteiger partial charge < -0.3 is 35.0 Å². The fourth-order valence-corrected chi connectivity index (χ4v) is 4.98. The third-order valence-electron chi connectivity index (χ3n) is 8.99. The number of hydrogen-bond donors (Lipinski definition) is 7. The molecule has 0 amide bonds. The van der Waals surface area contributed by atoms with Gasteiger partial charge in [0.25, 0.3) is 0 Å². The number of ether oxygens (including phenoxy) is 2. The second-order valence-electron chi connectivity index (χ2n) is 11.8. The highest BCUT2D eigenvalue weighted by molar-refractivity contribution is 5.82. The smallest absolute Gasteiger partial charge is 0.375 e. The minimum absolute atomic E-state index is 0.0703. The van der Waals surface area contributed by atoms with Crippen LogP contribution in [-0.2, 0) is 0 Å². The molecule has 11 heteroatoms. The van der Waals surface area contributed by atoms with Gasteiger partial charge in [0.1, 0.15) is 36.6 Å². The highest BCUT2D eigenvalue weighted by Gasteiger charge is 2.39. The predicted octanol–water partition coefficient (Wildman–Crippen LogP) is 2.40. The topological polar surface area (TPSA) is 168 Å². The Morgan fingerprint density at radius 3 is 1.64 bits per heavy atom. The fraction of sp³-hybridized carbons (Fsp3) is 0.613. The van der Waals surface area contributed by atoms with Crippen molar-refractivity contribution in [1.82, 2.24) is 0 Å². The van der Waals surface area contributed by atoms with E-state index in [1.807, 2.05) is 41.5 Å². The SMILES string of the molecule is CCC(C)(CC)CC(O)C(O)C(O)C(O)C(O)COc1cccc2c1[n+](O)c1cccc(OC(C)(CC)CC)c1[n+]2O. The summed E-state index contributed by atoms with van der Waals surface area (Å²) in [5.74, 6) is 0.449. The summed E-state index contributed by atoms with van der Waals surface area (Å²) in [6.07, 6.45) is -5.16. The largest absolute Gasteiger partial charge is 0.484 e. The normalized spacial score (nSPS) is 16.3. The number of fused-ring (bicyclic) bond motifs is 2. The van der Waals surface area contributed by atoms with Gasteiger partial charge in [-0.3, -0.25) is 10.4 Å². The molecule has 0 spiro atoms. The van der Waals surface area contributed by atoms with Crippen LogP contribution in [0.5, 0.6) is 11.5 Å². The first-order chi connectivity index (χ1) is 19.8. The number of hydrogen-bond acceptors (Lipinski definition) is 9. The van der Waals surface area contributed by atoms with Crippen LogP contribution in [0, 0.1) is 5.41 Å². The van der Waals surface area contributed by atoms with Crippen molar-refractivity contribution in [2.45, 2.75) is 110 Å². The summed E-state index contributed by atoms with van der Waals surface area (Å²) < 4.78 is 13.8. The minimum atomic E-state index is -1.84. The molecule has 1 heterocycles. The maximum Gasteiger partial charge on any atom is 0.375 e. The summed E-state index contributed by atoms with van der Waals surface area (Å²) >= 11 is 0. The Hall–Kier alpha value is -2.96. The third-order valence-corrected chi connectivity index (χ3v) is 8.99. The van der Waals surface area contributed by atoms with Crippen molar-refractivity contribution in [3.05, 3.63) is 36.4 Å². The molecule has 0 saturated heterocycles. The molecule has 0 radical (unpaired) electrons. The third kappa shape index (κ3) is 6.81. The number of benzene rings is 2. The van der Waals surface area contributed by atoms with Gasteiger partial charge in [0.15, 0.2) is 0 Å². The lowest BCUT2D eigenvalue weighted by Crippen LogP contribution is -2.51. The molecule has 0 aliphatic rings. The Morgan fingerprint density at radius 2 is 1.14 bits per heavy atom. The molecule has 0 aliphatic heterocycles. The number of aromatic nitrogens is 2. The van der Waals surface area contributed by atoms with Crippen LogP contribution in [0.25, 0.3) is 22.1 Å². The molecule has 3 aromatic rings. The van der Waals surface area contributed by atoms with Gasteiger partial charge in [-0.1, -0.05) is 59.6 Å². The van der Waals surface area contributed by atoms with E-state index in [9.17, 15) is 35.9 Å². The summed E-state index contributed by atoms with van der Waals surface area (Å²) in [4.78, 5) is 0. The first-order valence-corrected chi connectivity index (χ1v) is 14.7. The second-order valence-corrected chi connectivity index (χ2v) is 11.8. The molecule has 0 saturated carbocycles. The van der Waals surface area contributed by atoms with Crippen LogP contribution in [0.15, 0.2) is 36.4 Å². The van der Waals surface area contributed by atoms with E-state index in [4.69, 9.17) is 9.47 Å². The fourth-order valence-electron chi connectivity index (χ4n) is 4.98. The summed E-state index contributed by atoms with van der Waals surface area (Å²) in [6, 6.07) is 9.66. The van der Waals surface area contributed by atoms with Crippen LogP contribution in [0.3, 0.4) is 0 Å². The number of para-hydroxylation sites is 2. The van der Waals surface area contributed by atoms with Crippen LogP contribution in [0.2, 0.25) is 0 Å². The van der Waals surface area contributed by atoms with Gasteiger partial charge in [-0.2, -0.15) is 0 Å². The Morgan fingerprint density at radius 1 is 0.667 bits per heavy atom. The van der Waals surface area contributed by atoms with Crippen molar-refractivity contribution >= 4 is 22.1 Å². The van der Waals surface area contributed by atoms with E-state index in [0.29, 0.717) is 5.75 Å². The van der Waals surface area contributed by atoms with E-state index in [2.05, 4.69) is 0 Å². The maximum atomic E-state index is 11.2. The zero-order chi connectivity index (χ0) is 31.4. The molecule has 234 valence electrons. The van der Waals surface area contributed by atoms with Crippen molar-refractivity contribution in [3.8, 4) is 11.5 Å². The maximum absolute atomic E-state index is 11.2. The highest BCUT2D eigenvalue weighted by Crippen LogP contribution is 2.33. The summed E-state index contributed by atoms with van der Waals surface area (Å²) in [6.45, 7) is 11.4. The van der Waals surface area contributed by atoms with Crippen LogP contribution >= 0.6 is 0 Å². The molecule has 2 aromatic carbocycles. The Labute approximate surface area is 246 Å². The molecule has 0 bridgehead atoms. The van der Waals surface area contributed by atoms with E-state index in [1.54, 1.807) is 30.3 Å². The molecular weight excluding hydrogens is 544 g/mol. The first-order valence-electron chi connectivity index (χ1n) is 14.7. The molecule has 11 nitrogen and oxygen atoms in total. The van der Waals surface area contributed by atoms with Crippen LogP contribution in [0.1, 0.15) is 73.6 Å². The number of aliphatic hydroxyl groups is 5. The Kier molecular flexibility index (Phi) is 10.8. The average Bonchev–Trinajstić information content (AvgIpc) is 3.00. The second kappa shape index (κ2) is 13.6. The number of nitrogens with zero attached hydrogens (tertiary/aromatic N) is 2. The lowest BCUT2D eigenvalue weighted by molar-refractivity contribution is -0.894. The van der Waals surface area contributed by atoms with Gasteiger partial charge in [-0.25, -0.2) is 0 Å². The van der Waals surface area contributed by atoms with E-state index in [1.165, 1.54) is 6.07 Å². The molecule has 7 N–H and O–H groups in total. The summed E-state index contributed by atoms with van der Waals surface area (Å²) in [7, 11) is 0. The van der Waals surface area contributed by atoms with Gasteiger partial charge in [0, 0.05) is 21.6 Å². The lowest BCUT2D eigenvalue weighted by Gasteiger charge is -2.34. The van der Waals surface area contributed by atoms with Gasteiger partial charge >= 0.3 is 22.1 Å². The predicted molar refractivity (Wildman–Crippen MR) is 155 cm³/mol. The van der Waals surface area contributed by atoms with Crippen molar-refractivity contribution in [1.29, 1.82) is 0 Å². The summed E-state index contributed by atoms with van der Waals surface area (Å²) in [5.41, 5.74) is -0.0179. The number of aliphatic hydroxyl groups excluding tert-OH is 5. The van der Waals surface area contributed by atoms with E-state index < -0.39 is 42.7 Å².